The molecule has 1 aliphatic rings. The summed E-state index contributed by atoms with van der Waals surface area (Å²) in [6.45, 7) is 6.82. The van der Waals surface area contributed by atoms with Gasteiger partial charge in [0.1, 0.15) is 0 Å². The van der Waals surface area contributed by atoms with Gasteiger partial charge in [0, 0.05) is 17.1 Å². The lowest BCUT2D eigenvalue weighted by Gasteiger charge is -2.38. The fourth-order valence-electron chi connectivity index (χ4n) is 2.88. The summed E-state index contributed by atoms with van der Waals surface area (Å²) in [5.74, 6) is 0.776. The van der Waals surface area contributed by atoms with Gasteiger partial charge in [-0.15, -0.1) is 0 Å². The first-order valence-electron chi connectivity index (χ1n) is 7.25. The fourth-order valence-corrected chi connectivity index (χ4v) is 3.14. The highest BCUT2D eigenvalue weighted by atomic mass is 79.9. The second kappa shape index (κ2) is 6.87. The van der Waals surface area contributed by atoms with Crippen LogP contribution in [-0.2, 0) is 0 Å². The normalized spacial score (nSPS) is 26.3. The van der Waals surface area contributed by atoms with Crippen LogP contribution in [0.3, 0.4) is 0 Å². The Balaban J connectivity index is 1.86. The monoisotopic (exact) mass is 325 g/mol. The summed E-state index contributed by atoms with van der Waals surface area (Å²) in [5, 5.41) is 10.3. The number of rotatable bonds is 4. The SMILES string of the molecule is CC1CCCN(CCC(O)c2ccc(Br)cc2)C1C. The molecule has 2 nitrogen and oxygen atoms in total. The van der Waals surface area contributed by atoms with Crippen molar-refractivity contribution in [3.05, 3.63) is 34.3 Å². The number of hydrogen-bond acceptors (Lipinski definition) is 2. The van der Waals surface area contributed by atoms with E-state index in [-0.39, 0.29) is 6.10 Å². The van der Waals surface area contributed by atoms with Crippen LogP contribution < -0.4 is 0 Å². The molecule has 0 saturated carbocycles. The molecule has 19 heavy (non-hydrogen) atoms. The third-order valence-electron chi connectivity index (χ3n) is 4.45. The van der Waals surface area contributed by atoms with Crippen molar-refractivity contribution in [2.75, 3.05) is 13.1 Å². The minimum atomic E-state index is -0.350. The second-order valence-electron chi connectivity index (χ2n) is 5.75. The molecule has 1 aromatic carbocycles. The summed E-state index contributed by atoms with van der Waals surface area (Å²) < 4.78 is 1.06. The number of nitrogens with zero attached hydrogens (tertiary/aromatic N) is 1. The molecule has 3 atom stereocenters. The predicted octanol–water partition coefficient (Wildman–Crippen LogP) is 3.99. The standard InChI is InChI=1S/C16H24BrNO/c1-12-4-3-10-18(13(12)2)11-9-16(19)14-5-7-15(17)8-6-14/h5-8,12-13,16,19H,3-4,9-11H2,1-2H3. The van der Waals surface area contributed by atoms with Crippen LogP contribution in [0.5, 0.6) is 0 Å². The number of likely N-dealkylation sites (tertiary alicyclic amines) is 1. The summed E-state index contributed by atoms with van der Waals surface area (Å²) in [4.78, 5) is 2.52. The predicted molar refractivity (Wildman–Crippen MR) is 83.2 cm³/mol. The maximum absolute atomic E-state index is 10.3. The van der Waals surface area contributed by atoms with Gasteiger partial charge in [-0.05, 0) is 56.3 Å². The van der Waals surface area contributed by atoms with E-state index < -0.39 is 0 Å². The van der Waals surface area contributed by atoms with E-state index >= 15 is 0 Å². The van der Waals surface area contributed by atoms with Gasteiger partial charge in [0.15, 0.2) is 0 Å². The average Bonchev–Trinajstić information content (AvgIpc) is 2.41. The molecule has 106 valence electrons. The Hall–Kier alpha value is -0.380. The average molecular weight is 326 g/mol. The van der Waals surface area contributed by atoms with Crippen molar-refractivity contribution in [3.63, 3.8) is 0 Å². The van der Waals surface area contributed by atoms with E-state index in [1.165, 1.54) is 19.4 Å². The van der Waals surface area contributed by atoms with E-state index in [0.29, 0.717) is 6.04 Å². The quantitative estimate of drug-likeness (QED) is 0.904. The first kappa shape index (κ1) is 15.0. The number of halogens is 1. The van der Waals surface area contributed by atoms with Crippen molar-refractivity contribution in [2.45, 2.75) is 45.3 Å². The molecule has 2 rings (SSSR count). The lowest BCUT2D eigenvalue weighted by Crippen LogP contribution is -2.43. The molecule has 1 N–H and O–H groups in total. The number of piperidine rings is 1. The maximum Gasteiger partial charge on any atom is 0.0802 e. The van der Waals surface area contributed by atoms with E-state index in [9.17, 15) is 5.11 Å². The second-order valence-corrected chi connectivity index (χ2v) is 6.67. The van der Waals surface area contributed by atoms with E-state index in [0.717, 1.165) is 28.9 Å². The summed E-state index contributed by atoms with van der Waals surface area (Å²) >= 11 is 3.42. The molecule has 3 heteroatoms. The number of benzene rings is 1. The van der Waals surface area contributed by atoms with Gasteiger partial charge in [-0.25, -0.2) is 0 Å². The Morgan fingerprint density at radius 1 is 1.32 bits per heavy atom. The molecule has 0 amide bonds. The highest BCUT2D eigenvalue weighted by Gasteiger charge is 2.24. The fraction of sp³-hybridized carbons (Fsp3) is 0.625. The highest BCUT2D eigenvalue weighted by Crippen LogP contribution is 2.25. The van der Waals surface area contributed by atoms with Crippen molar-refractivity contribution in [1.29, 1.82) is 0 Å². The van der Waals surface area contributed by atoms with E-state index in [2.05, 4.69) is 34.7 Å². The number of aliphatic hydroxyl groups excluding tert-OH is 1. The van der Waals surface area contributed by atoms with Gasteiger partial charge in [0.25, 0.3) is 0 Å². The number of hydrogen-bond donors (Lipinski definition) is 1. The van der Waals surface area contributed by atoms with Crippen LogP contribution in [-0.4, -0.2) is 29.1 Å². The first-order chi connectivity index (χ1) is 9.08. The van der Waals surface area contributed by atoms with Crippen molar-refractivity contribution < 1.29 is 5.11 Å². The van der Waals surface area contributed by atoms with Gasteiger partial charge >= 0.3 is 0 Å². The Bertz CT molecular complexity index is 392. The molecule has 0 bridgehead atoms. The lowest BCUT2D eigenvalue weighted by molar-refractivity contribution is 0.0840. The largest absolute Gasteiger partial charge is 0.388 e. The van der Waals surface area contributed by atoms with Gasteiger partial charge in [0.2, 0.25) is 0 Å². The molecular formula is C16H24BrNO. The number of aliphatic hydroxyl groups is 1. The molecule has 1 saturated heterocycles. The van der Waals surface area contributed by atoms with Crippen LogP contribution in [0.25, 0.3) is 0 Å². The molecule has 1 fully saturated rings. The zero-order valence-electron chi connectivity index (χ0n) is 11.8. The maximum atomic E-state index is 10.3. The Labute approximate surface area is 124 Å². The third kappa shape index (κ3) is 4.04. The molecule has 1 aromatic rings. The van der Waals surface area contributed by atoms with Crippen molar-refractivity contribution >= 4 is 15.9 Å². The van der Waals surface area contributed by atoms with Crippen molar-refractivity contribution in [2.24, 2.45) is 5.92 Å². The summed E-state index contributed by atoms with van der Waals surface area (Å²) in [6.07, 6.45) is 3.10. The molecular weight excluding hydrogens is 302 g/mol. The van der Waals surface area contributed by atoms with Gasteiger partial charge in [-0.1, -0.05) is 35.0 Å². The zero-order chi connectivity index (χ0) is 13.8. The lowest BCUT2D eigenvalue weighted by atomic mass is 9.91. The van der Waals surface area contributed by atoms with Crippen LogP contribution in [0.1, 0.15) is 44.8 Å². The van der Waals surface area contributed by atoms with E-state index in [4.69, 9.17) is 0 Å². The van der Waals surface area contributed by atoms with Gasteiger partial charge in [-0.2, -0.15) is 0 Å². The zero-order valence-corrected chi connectivity index (χ0v) is 13.4. The smallest absolute Gasteiger partial charge is 0.0802 e. The van der Waals surface area contributed by atoms with Crippen LogP contribution in [0.2, 0.25) is 0 Å². The summed E-state index contributed by atoms with van der Waals surface area (Å²) in [5.41, 5.74) is 1.01. The van der Waals surface area contributed by atoms with Gasteiger partial charge in [0.05, 0.1) is 6.10 Å². The van der Waals surface area contributed by atoms with Crippen molar-refractivity contribution in [1.82, 2.24) is 4.90 Å². The molecule has 3 unspecified atom stereocenters. The van der Waals surface area contributed by atoms with Crippen LogP contribution in [0.4, 0.5) is 0 Å². The summed E-state index contributed by atoms with van der Waals surface area (Å²) in [6, 6.07) is 8.62. The molecule has 0 aliphatic carbocycles. The molecule has 0 radical (unpaired) electrons. The molecule has 1 heterocycles. The van der Waals surface area contributed by atoms with Crippen molar-refractivity contribution in [3.8, 4) is 0 Å². The van der Waals surface area contributed by atoms with Crippen LogP contribution in [0, 0.1) is 5.92 Å². The Morgan fingerprint density at radius 2 is 2.00 bits per heavy atom. The highest BCUT2D eigenvalue weighted by molar-refractivity contribution is 9.10. The first-order valence-corrected chi connectivity index (χ1v) is 8.05. The van der Waals surface area contributed by atoms with Gasteiger partial charge < -0.3 is 10.0 Å². The minimum absolute atomic E-state index is 0.350. The molecule has 0 aromatic heterocycles. The van der Waals surface area contributed by atoms with Crippen LogP contribution >= 0.6 is 15.9 Å². The van der Waals surface area contributed by atoms with Crippen LogP contribution in [0.15, 0.2) is 28.7 Å². The van der Waals surface area contributed by atoms with E-state index in [1.807, 2.05) is 24.3 Å². The molecule has 1 aliphatic heterocycles. The van der Waals surface area contributed by atoms with E-state index in [1.54, 1.807) is 0 Å². The van der Waals surface area contributed by atoms with Gasteiger partial charge in [-0.3, -0.25) is 0 Å². The minimum Gasteiger partial charge on any atom is -0.388 e. The summed E-state index contributed by atoms with van der Waals surface area (Å²) in [7, 11) is 0. The molecule has 0 spiro atoms. The third-order valence-corrected chi connectivity index (χ3v) is 4.98. The Kier molecular flexibility index (Phi) is 5.43. The topological polar surface area (TPSA) is 23.5 Å². The Morgan fingerprint density at radius 3 is 2.68 bits per heavy atom.